The Bertz CT molecular complexity index is 275. The van der Waals surface area contributed by atoms with E-state index in [1.54, 1.807) is 0 Å². The molecule has 0 rings (SSSR count). The molecule has 0 aliphatic heterocycles. The standard InChI is InChI=1S/C18H43N3Si/c1-13(2)19-22(18(11)12,20(14(3)4)15(5)6)21(16(7)8)17(9)10/h13-19H,1-12H3. The largest absolute Gasteiger partial charge is 0.311 e. The molecule has 0 aromatic rings. The van der Waals surface area contributed by atoms with Gasteiger partial charge in [0, 0.05) is 0 Å². The van der Waals surface area contributed by atoms with Crippen molar-refractivity contribution in [3.8, 4) is 0 Å². The number of nitrogens with one attached hydrogen (secondary N) is 1. The zero-order valence-electron chi connectivity index (χ0n) is 17.4. The molecule has 0 saturated heterocycles. The SMILES string of the molecule is CC(C)N[Si](C(C)C)(N(C(C)C)C(C)C)N(C(C)C)C(C)C. The topological polar surface area (TPSA) is 18.5 Å². The number of hydrogen-bond acceptors (Lipinski definition) is 3. The summed E-state index contributed by atoms with van der Waals surface area (Å²) in [6, 6.07) is 2.66. The summed E-state index contributed by atoms with van der Waals surface area (Å²) in [6.45, 7) is 28.2. The normalized spacial score (nSPS) is 14.2. The predicted octanol–water partition coefficient (Wildman–Crippen LogP) is 4.57. The lowest BCUT2D eigenvalue weighted by Gasteiger charge is -2.58. The minimum Gasteiger partial charge on any atom is -0.311 e. The summed E-state index contributed by atoms with van der Waals surface area (Å²) < 4.78 is 5.61. The van der Waals surface area contributed by atoms with Crippen molar-refractivity contribution in [2.45, 2.75) is 119 Å². The van der Waals surface area contributed by atoms with E-state index in [0.717, 1.165) is 0 Å². The molecule has 0 aliphatic rings. The van der Waals surface area contributed by atoms with Gasteiger partial charge in [-0.2, -0.15) is 0 Å². The Morgan fingerprint density at radius 2 is 0.818 bits per heavy atom. The van der Waals surface area contributed by atoms with Gasteiger partial charge in [0.25, 0.3) is 8.56 Å². The molecule has 0 radical (unpaired) electrons. The van der Waals surface area contributed by atoms with Crippen LogP contribution in [-0.2, 0) is 0 Å². The van der Waals surface area contributed by atoms with Gasteiger partial charge in [-0.15, -0.1) is 0 Å². The van der Waals surface area contributed by atoms with Gasteiger partial charge in [-0.3, -0.25) is 9.13 Å². The summed E-state index contributed by atoms with van der Waals surface area (Å²) in [5.74, 6) is 0. The minimum atomic E-state index is -2.03. The summed E-state index contributed by atoms with van der Waals surface area (Å²) in [4.78, 5) is 4.11. The minimum absolute atomic E-state index is 0.495. The maximum Gasteiger partial charge on any atom is 0.290 e. The van der Waals surface area contributed by atoms with Crippen molar-refractivity contribution in [1.29, 1.82) is 0 Å². The van der Waals surface area contributed by atoms with Crippen molar-refractivity contribution in [2.75, 3.05) is 0 Å². The third-order valence-electron chi connectivity index (χ3n) is 4.32. The van der Waals surface area contributed by atoms with E-state index < -0.39 is 8.56 Å². The lowest BCUT2D eigenvalue weighted by atomic mass is 10.3. The highest BCUT2D eigenvalue weighted by Gasteiger charge is 2.53. The van der Waals surface area contributed by atoms with Crippen LogP contribution in [0.15, 0.2) is 0 Å². The van der Waals surface area contributed by atoms with Crippen molar-refractivity contribution in [3.63, 3.8) is 0 Å². The molecule has 1 N–H and O–H groups in total. The van der Waals surface area contributed by atoms with Crippen molar-refractivity contribution in [1.82, 2.24) is 14.1 Å². The van der Waals surface area contributed by atoms with E-state index in [0.29, 0.717) is 35.8 Å². The first-order valence-corrected chi connectivity index (χ1v) is 11.2. The number of hydrogen-bond donors (Lipinski definition) is 1. The lowest BCUT2D eigenvalue weighted by Crippen LogP contribution is -2.81. The quantitative estimate of drug-likeness (QED) is 0.625. The molecule has 0 bridgehead atoms. The van der Waals surface area contributed by atoms with E-state index in [1.165, 1.54) is 0 Å². The molecule has 0 aliphatic carbocycles. The van der Waals surface area contributed by atoms with Gasteiger partial charge < -0.3 is 4.98 Å². The van der Waals surface area contributed by atoms with Crippen LogP contribution in [0, 0.1) is 0 Å². The molecule has 0 unspecified atom stereocenters. The highest BCUT2D eigenvalue weighted by atomic mass is 28.4. The Balaban J connectivity index is 6.32. The summed E-state index contributed by atoms with van der Waals surface area (Å²) in [7, 11) is -2.03. The predicted molar refractivity (Wildman–Crippen MR) is 103 cm³/mol. The second-order valence-electron chi connectivity index (χ2n) is 8.37. The van der Waals surface area contributed by atoms with Crippen molar-refractivity contribution >= 4 is 8.56 Å². The molecule has 3 nitrogen and oxygen atoms in total. The van der Waals surface area contributed by atoms with Gasteiger partial charge in [-0.05, 0) is 35.8 Å². The third kappa shape index (κ3) is 4.79. The average Bonchev–Trinajstić information content (AvgIpc) is 2.24. The molecule has 0 spiro atoms. The van der Waals surface area contributed by atoms with Gasteiger partial charge >= 0.3 is 0 Å². The molecule has 4 heteroatoms. The summed E-state index contributed by atoms with van der Waals surface area (Å²) in [5, 5.41) is 0. The molecular formula is C18H43N3Si. The Kier molecular flexibility index (Phi) is 8.85. The maximum atomic E-state index is 4.11. The summed E-state index contributed by atoms with van der Waals surface area (Å²) in [6.07, 6.45) is 0. The zero-order chi connectivity index (χ0) is 17.8. The first-order valence-electron chi connectivity index (χ1n) is 9.24. The Hall–Kier alpha value is 0.0969. The van der Waals surface area contributed by atoms with Gasteiger partial charge in [0.05, 0.1) is 0 Å². The van der Waals surface area contributed by atoms with Crippen molar-refractivity contribution < 1.29 is 0 Å². The van der Waals surface area contributed by atoms with E-state index in [4.69, 9.17) is 0 Å². The second-order valence-corrected chi connectivity index (χ2v) is 12.3. The molecule has 134 valence electrons. The molecule has 0 amide bonds. The average molecular weight is 330 g/mol. The van der Waals surface area contributed by atoms with E-state index in [1.807, 2.05) is 0 Å². The fourth-order valence-corrected chi connectivity index (χ4v) is 10.3. The Labute approximate surface area is 142 Å². The molecule has 0 aromatic carbocycles. The van der Waals surface area contributed by atoms with E-state index in [9.17, 15) is 0 Å². The van der Waals surface area contributed by atoms with Gasteiger partial charge in [0.15, 0.2) is 0 Å². The Morgan fingerprint density at radius 3 is 0.955 bits per heavy atom. The van der Waals surface area contributed by atoms with Gasteiger partial charge in [-0.25, -0.2) is 0 Å². The first kappa shape index (κ1) is 22.1. The van der Waals surface area contributed by atoms with Crippen LogP contribution >= 0.6 is 0 Å². The molecule has 0 atom stereocenters. The third-order valence-corrected chi connectivity index (χ3v) is 10.6. The van der Waals surface area contributed by atoms with Crippen LogP contribution in [0.2, 0.25) is 5.54 Å². The van der Waals surface area contributed by atoms with Gasteiger partial charge in [0.1, 0.15) is 0 Å². The fourth-order valence-electron chi connectivity index (χ4n) is 4.24. The summed E-state index contributed by atoms with van der Waals surface area (Å²) in [5.41, 5.74) is 0.615. The number of rotatable bonds is 9. The van der Waals surface area contributed by atoms with Crippen LogP contribution in [-0.4, -0.2) is 47.9 Å². The van der Waals surface area contributed by atoms with Crippen LogP contribution in [0.4, 0.5) is 0 Å². The van der Waals surface area contributed by atoms with E-state index in [2.05, 4.69) is 97.2 Å². The van der Waals surface area contributed by atoms with Gasteiger partial charge in [0.2, 0.25) is 0 Å². The van der Waals surface area contributed by atoms with Crippen molar-refractivity contribution in [2.24, 2.45) is 0 Å². The first-order chi connectivity index (χ1) is 9.89. The molecule has 0 fully saturated rings. The van der Waals surface area contributed by atoms with E-state index >= 15 is 0 Å². The Morgan fingerprint density at radius 1 is 0.545 bits per heavy atom. The smallest absolute Gasteiger partial charge is 0.290 e. The molecule has 0 heterocycles. The summed E-state index contributed by atoms with van der Waals surface area (Å²) >= 11 is 0. The van der Waals surface area contributed by atoms with Crippen LogP contribution in [0.5, 0.6) is 0 Å². The van der Waals surface area contributed by atoms with Crippen LogP contribution in [0.25, 0.3) is 0 Å². The molecule has 22 heavy (non-hydrogen) atoms. The second kappa shape index (κ2) is 8.81. The molecule has 0 saturated carbocycles. The monoisotopic (exact) mass is 329 g/mol. The zero-order valence-corrected chi connectivity index (χ0v) is 18.4. The lowest BCUT2D eigenvalue weighted by molar-refractivity contribution is 0.184. The van der Waals surface area contributed by atoms with Crippen LogP contribution in [0.1, 0.15) is 83.1 Å². The van der Waals surface area contributed by atoms with Gasteiger partial charge in [-0.1, -0.05) is 83.1 Å². The number of nitrogens with zero attached hydrogens (tertiary/aromatic N) is 2. The highest BCUT2D eigenvalue weighted by Crippen LogP contribution is 2.33. The highest BCUT2D eigenvalue weighted by molar-refractivity contribution is 6.73. The fraction of sp³-hybridized carbons (Fsp3) is 1.00. The molecule has 0 aromatic heterocycles. The van der Waals surface area contributed by atoms with E-state index in [-0.39, 0.29) is 0 Å². The van der Waals surface area contributed by atoms with Crippen molar-refractivity contribution in [3.05, 3.63) is 0 Å². The van der Waals surface area contributed by atoms with Crippen LogP contribution in [0.3, 0.4) is 0 Å². The molecular weight excluding hydrogens is 286 g/mol. The van der Waals surface area contributed by atoms with Crippen LogP contribution < -0.4 is 4.98 Å². The maximum absolute atomic E-state index is 4.11.